The fourth-order valence-electron chi connectivity index (χ4n) is 15.4. The number of esters is 1. The van der Waals surface area contributed by atoms with Gasteiger partial charge in [0.1, 0.15) is 72.2 Å². The monoisotopic (exact) mass is 910 g/mol. The van der Waals surface area contributed by atoms with E-state index in [1.807, 2.05) is 13.8 Å². The third-order valence-electron chi connectivity index (χ3n) is 19.7. The molecular formula is C47H74O17. The van der Waals surface area contributed by atoms with E-state index in [2.05, 4.69) is 40.7 Å². The average Bonchev–Trinajstić information content (AvgIpc) is 3.23. The van der Waals surface area contributed by atoms with Gasteiger partial charge in [-0.15, -0.1) is 0 Å². The number of hydrogen-bond acceptors (Lipinski definition) is 17. The first-order chi connectivity index (χ1) is 29.8. The number of rotatable bonds is 7. The summed E-state index contributed by atoms with van der Waals surface area (Å²) in [6.07, 6.45) is -12.1. The summed E-state index contributed by atoms with van der Waals surface area (Å²) in [4.78, 5) is 13.8. The van der Waals surface area contributed by atoms with Gasteiger partial charge in [0.15, 0.2) is 18.9 Å². The molecule has 10 aliphatic rings. The highest BCUT2D eigenvalue weighted by atomic mass is 16.8. The van der Waals surface area contributed by atoms with Gasteiger partial charge in [0.05, 0.1) is 30.8 Å². The summed E-state index contributed by atoms with van der Waals surface area (Å²) >= 11 is 0. The molecule has 0 aromatic carbocycles. The van der Waals surface area contributed by atoms with E-state index in [1.165, 1.54) is 12.5 Å². The quantitative estimate of drug-likeness (QED) is 0.0978. The molecule has 364 valence electrons. The molecule has 0 aromatic rings. The Morgan fingerprint density at radius 2 is 1.34 bits per heavy atom. The summed E-state index contributed by atoms with van der Waals surface area (Å²) in [7, 11) is 0. The lowest BCUT2D eigenvalue weighted by molar-refractivity contribution is -0.388. The number of carbonyl (C=O) groups is 1. The molecule has 5 saturated heterocycles. The van der Waals surface area contributed by atoms with Gasteiger partial charge in [-0.1, -0.05) is 46.3 Å². The fraction of sp³-hybridized carbons (Fsp3) is 0.936. The maximum absolute atomic E-state index is 13.8. The number of ether oxygens (including phenoxy) is 7. The molecule has 4 saturated carbocycles. The highest BCUT2D eigenvalue weighted by Gasteiger charge is 2.76. The van der Waals surface area contributed by atoms with Gasteiger partial charge < -0.3 is 79.1 Å². The van der Waals surface area contributed by atoms with E-state index < -0.39 is 121 Å². The second-order valence-corrected chi connectivity index (χ2v) is 23.0. The Bertz CT molecular complexity index is 1830. The molecule has 2 bridgehead atoms. The predicted octanol–water partition coefficient (Wildman–Crippen LogP) is 0.939. The molecule has 9 N–H and O–H groups in total. The van der Waals surface area contributed by atoms with E-state index in [-0.39, 0.29) is 46.6 Å². The Hall–Kier alpha value is -1.39. The van der Waals surface area contributed by atoms with E-state index in [4.69, 9.17) is 33.2 Å². The summed E-state index contributed by atoms with van der Waals surface area (Å²) in [6.45, 7) is 15.9. The van der Waals surface area contributed by atoms with Crippen molar-refractivity contribution in [3.63, 3.8) is 0 Å². The first kappa shape index (κ1) is 47.7. The molecule has 2 unspecified atom stereocenters. The van der Waals surface area contributed by atoms with E-state index >= 15 is 0 Å². The van der Waals surface area contributed by atoms with Crippen molar-refractivity contribution >= 4 is 5.97 Å². The van der Waals surface area contributed by atoms with E-state index in [9.17, 15) is 50.8 Å². The molecule has 64 heavy (non-hydrogen) atoms. The Labute approximate surface area is 375 Å². The zero-order valence-corrected chi connectivity index (χ0v) is 38.5. The van der Waals surface area contributed by atoms with E-state index in [0.717, 1.165) is 38.5 Å². The van der Waals surface area contributed by atoms with Crippen LogP contribution in [0.25, 0.3) is 0 Å². The minimum absolute atomic E-state index is 0.127. The topological polar surface area (TPSA) is 264 Å². The summed E-state index contributed by atoms with van der Waals surface area (Å²) in [5, 5.41) is 97.8. The molecule has 5 heterocycles. The maximum atomic E-state index is 13.8. The van der Waals surface area contributed by atoms with Crippen LogP contribution in [0.15, 0.2) is 11.6 Å². The highest BCUT2D eigenvalue weighted by Crippen LogP contribution is 2.77. The molecule has 0 radical (unpaired) electrons. The molecule has 17 nitrogen and oxygen atoms in total. The number of fused-ring (bicyclic) bond motifs is 7. The van der Waals surface area contributed by atoms with Crippen LogP contribution in [0, 0.1) is 44.8 Å². The molecule has 1 spiro atoms. The van der Waals surface area contributed by atoms with Gasteiger partial charge in [0.25, 0.3) is 0 Å². The second-order valence-electron chi connectivity index (χ2n) is 23.0. The SMILES string of the molecule is C[C@@H]1O[C@@H](O[C@H]2[C@H](O[C@H]3CC[C@@]4(C)C(CC[C@]5(C)C4CC=C4[C@H]6[C@]7(CC[C@@](C)(OC7=O)[C@@]6(C)O)CC[C@]45C)C3(C)C)OC[C@H](O)[C@@H]2O[C@@H]2O[C@H](CO)[C@@H](O)[C@H](O)[C@H]2O)[C@H](O)[C@H](O)[C@H]1O. The van der Waals surface area contributed by atoms with Crippen LogP contribution in [-0.4, -0.2) is 168 Å². The lowest BCUT2D eigenvalue weighted by Gasteiger charge is -2.73. The largest absolute Gasteiger partial charge is 0.456 e. The van der Waals surface area contributed by atoms with Crippen LogP contribution in [0.2, 0.25) is 0 Å². The van der Waals surface area contributed by atoms with Crippen molar-refractivity contribution in [2.45, 2.75) is 216 Å². The van der Waals surface area contributed by atoms with Crippen LogP contribution in [0.1, 0.15) is 113 Å². The van der Waals surface area contributed by atoms with Crippen molar-refractivity contribution < 1.29 is 83.9 Å². The van der Waals surface area contributed by atoms with Crippen molar-refractivity contribution in [3.05, 3.63) is 11.6 Å². The number of aliphatic hydroxyl groups excluding tert-OH is 8. The van der Waals surface area contributed by atoms with Crippen molar-refractivity contribution in [2.24, 2.45) is 44.8 Å². The number of hydrogen-bond donors (Lipinski definition) is 9. The fourth-order valence-corrected chi connectivity index (χ4v) is 15.4. The zero-order chi connectivity index (χ0) is 46.5. The van der Waals surface area contributed by atoms with Crippen molar-refractivity contribution in [1.29, 1.82) is 0 Å². The average molecular weight is 911 g/mol. The summed E-state index contributed by atoms with van der Waals surface area (Å²) < 4.78 is 43.2. The molecule has 9 fully saturated rings. The van der Waals surface area contributed by atoms with Crippen molar-refractivity contribution in [1.82, 2.24) is 0 Å². The molecule has 5 aliphatic carbocycles. The Kier molecular flexibility index (Phi) is 11.8. The van der Waals surface area contributed by atoms with Gasteiger partial charge in [-0.3, -0.25) is 4.79 Å². The first-order valence-electron chi connectivity index (χ1n) is 23.8. The molecule has 5 aliphatic heterocycles. The van der Waals surface area contributed by atoms with Crippen molar-refractivity contribution in [3.8, 4) is 0 Å². The normalized spacial score (nSPS) is 58.0. The van der Waals surface area contributed by atoms with Crippen LogP contribution >= 0.6 is 0 Å². The first-order valence-corrected chi connectivity index (χ1v) is 23.8. The Morgan fingerprint density at radius 1 is 0.703 bits per heavy atom. The van der Waals surface area contributed by atoms with Crippen LogP contribution in [0.4, 0.5) is 0 Å². The van der Waals surface area contributed by atoms with Crippen LogP contribution in [-0.2, 0) is 38.0 Å². The van der Waals surface area contributed by atoms with Gasteiger partial charge in [-0.05, 0) is 112 Å². The standard InChI is InChI=1S/C47H74O17/c1-21-28(50)30(52)32(54)37(59-21)63-35-34(62-38-33(55)31(53)29(51)24(19-48)60-38)23(49)20-58-39(35)61-27-12-13-42(4)25(41(27,2)3)11-14-44(6)26(42)10-9-22-36-46(8,57)45(7)16-18-47(36,40(56)64-45)17-15-43(22,44)5/h9,21,23-39,48-55,57H,10-20H2,1-8H3/t21-,23-,24+,25?,26?,27-,28-,29+,30+,31-,32+,33+,34-,35+,36+,37-,38-,39-,42-,43+,44+,45+,46-,47+/m0/s1. The lowest BCUT2D eigenvalue weighted by Crippen LogP contribution is -2.75. The van der Waals surface area contributed by atoms with Crippen molar-refractivity contribution in [2.75, 3.05) is 13.2 Å². The smallest absolute Gasteiger partial charge is 0.313 e. The number of allylic oxidation sites excluding steroid dienone is 1. The Balaban J connectivity index is 0.993. The third kappa shape index (κ3) is 6.53. The van der Waals surface area contributed by atoms with Gasteiger partial charge >= 0.3 is 5.97 Å². The second kappa shape index (κ2) is 15.8. The van der Waals surface area contributed by atoms with Crippen LogP contribution in [0.3, 0.4) is 0 Å². The molecule has 17 heteroatoms. The number of carbonyl (C=O) groups excluding carboxylic acids is 1. The lowest BCUT2D eigenvalue weighted by atomic mass is 9.32. The highest BCUT2D eigenvalue weighted by molar-refractivity contribution is 5.82. The van der Waals surface area contributed by atoms with E-state index in [1.54, 1.807) is 0 Å². The molecular weight excluding hydrogens is 837 g/mol. The summed E-state index contributed by atoms with van der Waals surface area (Å²) in [6, 6.07) is 0. The third-order valence-corrected chi connectivity index (χ3v) is 19.7. The summed E-state index contributed by atoms with van der Waals surface area (Å²) in [5.74, 6) is 0.00546. The van der Waals surface area contributed by atoms with Gasteiger partial charge in [-0.2, -0.15) is 0 Å². The van der Waals surface area contributed by atoms with Gasteiger partial charge in [0, 0.05) is 5.92 Å². The predicted molar refractivity (Wildman–Crippen MR) is 222 cm³/mol. The molecule has 0 amide bonds. The van der Waals surface area contributed by atoms with Crippen LogP contribution in [0.5, 0.6) is 0 Å². The molecule has 0 aromatic heterocycles. The molecule has 10 rings (SSSR count). The Morgan fingerprint density at radius 3 is 2.02 bits per heavy atom. The van der Waals surface area contributed by atoms with E-state index in [0.29, 0.717) is 19.3 Å². The minimum Gasteiger partial charge on any atom is -0.456 e. The number of aliphatic hydroxyl groups is 9. The maximum Gasteiger partial charge on any atom is 0.313 e. The minimum atomic E-state index is -1.80. The van der Waals surface area contributed by atoms with Gasteiger partial charge in [-0.25, -0.2) is 0 Å². The van der Waals surface area contributed by atoms with Gasteiger partial charge in [0.2, 0.25) is 0 Å². The molecule has 24 atom stereocenters. The zero-order valence-electron chi connectivity index (χ0n) is 38.5. The summed E-state index contributed by atoms with van der Waals surface area (Å²) in [5.41, 5.74) is -2.59. The van der Waals surface area contributed by atoms with Crippen LogP contribution < -0.4 is 0 Å².